The molecule has 1 unspecified atom stereocenters. The summed E-state index contributed by atoms with van der Waals surface area (Å²) in [5.41, 5.74) is 4.89. The van der Waals surface area contributed by atoms with Crippen LogP contribution in [0.3, 0.4) is 0 Å². The number of nitriles is 1. The molecule has 3 amide bonds. The second kappa shape index (κ2) is 10.3. The average molecular weight is 464 g/mol. The van der Waals surface area contributed by atoms with Crippen LogP contribution in [0.25, 0.3) is 0 Å². The van der Waals surface area contributed by atoms with Crippen LogP contribution in [0.1, 0.15) is 70.5 Å². The second-order valence-electron chi connectivity index (χ2n) is 9.14. The zero-order chi connectivity index (χ0) is 24.2. The highest BCUT2D eigenvalue weighted by molar-refractivity contribution is 5.98. The van der Waals surface area contributed by atoms with E-state index in [1.807, 2.05) is 12.1 Å². The summed E-state index contributed by atoms with van der Waals surface area (Å²) < 4.78 is 2.07. The number of hydrogen-bond acceptors (Lipinski definition) is 4. The standard InChI is InChI=1S/C26H33N5O3/c1-3-17(9-6-12-32)24-21(15-27)23(25(33)28-2)22-16-30(10-11-31(22)24)26(34)29-20-13-18-7-4-5-8-19(18)14-20/h4-5,7-8,17,20,32H,3,6,9-14,16H2,1-2H3,(H,28,33)(H,29,34). The molecule has 0 bridgehead atoms. The molecular weight excluding hydrogens is 430 g/mol. The zero-order valence-electron chi connectivity index (χ0n) is 19.9. The molecule has 0 radical (unpaired) electrons. The molecule has 0 fully saturated rings. The number of amides is 3. The molecule has 0 saturated heterocycles. The maximum Gasteiger partial charge on any atom is 0.318 e. The van der Waals surface area contributed by atoms with Gasteiger partial charge in [0.1, 0.15) is 6.07 Å². The van der Waals surface area contributed by atoms with Gasteiger partial charge in [-0.15, -0.1) is 0 Å². The van der Waals surface area contributed by atoms with Gasteiger partial charge in [-0.05, 0) is 43.2 Å². The monoisotopic (exact) mass is 463 g/mol. The number of hydrogen-bond donors (Lipinski definition) is 3. The van der Waals surface area contributed by atoms with E-state index in [1.54, 1.807) is 11.9 Å². The lowest BCUT2D eigenvalue weighted by atomic mass is 9.93. The molecule has 2 aromatic rings. The van der Waals surface area contributed by atoms with Crippen molar-refractivity contribution in [3.05, 3.63) is 57.9 Å². The van der Waals surface area contributed by atoms with Crippen LogP contribution >= 0.6 is 0 Å². The molecule has 3 N–H and O–H groups in total. The van der Waals surface area contributed by atoms with Crippen LogP contribution < -0.4 is 10.6 Å². The quantitative estimate of drug-likeness (QED) is 0.586. The number of rotatable bonds is 7. The molecule has 0 saturated carbocycles. The summed E-state index contributed by atoms with van der Waals surface area (Å²) in [7, 11) is 1.56. The van der Waals surface area contributed by atoms with Gasteiger partial charge in [0.15, 0.2) is 0 Å². The smallest absolute Gasteiger partial charge is 0.318 e. The number of carbonyl (C=O) groups is 2. The van der Waals surface area contributed by atoms with Gasteiger partial charge in [0.05, 0.1) is 23.4 Å². The van der Waals surface area contributed by atoms with Crippen LogP contribution in [-0.4, -0.2) is 52.8 Å². The Morgan fingerprint density at radius 3 is 2.53 bits per heavy atom. The predicted molar refractivity (Wildman–Crippen MR) is 128 cm³/mol. The average Bonchev–Trinajstić information content (AvgIpc) is 3.41. The summed E-state index contributed by atoms with van der Waals surface area (Å²) in [6.45, 7) is 3.47. The molecule has 0 spiro atoms. The molecule has 34 heavy (non-hydrogen) atoms. The van der Waals surface area contributed by atoms with E-state index in [4.69, 9.17) is 0 Å². The number of benzene rings is 1. The number of fused-ring (bicyclic) bond motifs is 2. The van der Waals surface area contributed by atoms with Crippen LogP contribution in [-0.2, 0) is 25.9 Å². The fourth-order valence-electron chi connectivity index (χ4n) is 5.47. The van der Waals surface area contributed by atoms with E-state index in [0.29, 0.717) is 36.3 Å². The van der Waals surface area contributed by atoms with E-state index in [-0.39, 0.29) is 37.0 Å². The topological polar surface area (TPSA) is 110 Å². The first kappa shape index (κ1) is 23.8. The fraction of sp³-hybridized carbons (Fsp3) is 0.500. The highest BCUT2D eigenvalue weighted by atomic mass is 16.3. The molecule has 8 heteroatoms. The Balaban J connectivity index is 1.59. The molecule has 1 aliphatic heterocycles. The third kappa shape index (κ3) is 4.40. The number of nitrogens with one attached hydrogen (secondary N) is 2. The lowest BCUT2D eigenvalue weighted by molar-refractivity contribution is 0.0959. The van der Waals surface area contributed by atoms with Crippen molar-refractivity contribution in [2.75, 3.05) is 20.2 Å². The van der Waals surface area contributed by atoms with Gasteiger partial charge < -0.3 is 25.2 Å². The number of aliphatic hydroxyl groups is 1. The Hall–Kier alpha value is -3.31. The maximum atomic E-state index is 13.2. The first-order chi connectivity index (χ1) is 16.5. The van der Waals surface area contributed by atoms with Gasteiger partial charge in [-0.3, -0.25) is 4.79 Å². The Bertz CT molecular complexity index is 1090. The zero-order valence-corrected chi connectivity index (χ0v) is 19.9. The van der Waals surface area contributed by atoms with Gasteiger partial charge in [-0.1, -0.05) is 31.2 Å². The summed E-state index contributed by atoms with van der Waals surface area (Å²) in [6, 6.07) is 10.5. The van der Waals surface area contributed by atoms with Gasteiger partial charge >= 0.3 is 6.03 Å². The number of aromatic nitrogens is 1. The first-order valence-electron chi connectivity index (χ1n) is 12.1. The molecule has 8 nitrogen and oxygen atoms in total. The molecule has 2 heterocycles. The Labute approximate surface area is 200 Å². The van der Waals surface area contributed by atoms with E-state index >= 15 is 0 Å². The molecule has 180 valence electrons. The van der Waals surface area contributed by atoms with Crippen LogP contribution in [0.4, 0.5) is 4.79 Å². The van der Waals surface area contributed by atoms with E-state index in [1.165, 1.54) is 11.1 Å². The summed E-state index contributed by atoms with van der Waals surface area (Å²) in [4.78, 5) is 27.8. The fourth-order valence-corrected chi connectivity index (χ4v) is 5.47. The number of aliphatic hydroxyl groups excluding tert-OH is 1. The van der Waals surface area contributed by atoms with Crippen molar-refractivity contribution in [3.8, 4) is 6.07 Å². The lowest BCUT2D eigenvalue weighted by Gasteiger charge is -2.32. The van der Waals surface area contributed by atoms with Crippen molar-refractivity contribution in [2.24, 2.45) is 0 Å². The minimum absolute atomic E-state index is 0.0604. The maximum absolute atomic E-state index is 13.2. The molecule has 4 rings (SSSR count). The molecular formula is C26H33N5O3. The minimum Gasteiger partial charge on any atom is -0.396 e. The summed E-state index contributed by atoms with van der Waals surface area (Å²) >= 11 is 0. The Morgan fingerprint density at radius 2 is 1.94 bits per heavy atom. The molecule has 1 atom stereocenters. The van der Waals surface area contributed by atoms with Gasteiger partial charge in [0, 0.05) is 44.4 Å². The van der Waals surface area contributed by atoms with Crippen molar-refractivity contribution < 1.29 is 14.7 Å². The van der Waals surface area contributed by atoms with Crippen molar-refractivity contribution in [1.82, 2.24) is 20.1 Å². The largest absolute Gasteiger partial charge is 0.396 e. The van der Waals surface area contributed by atoms with Gasteiger partial charge in [0.25, 0.3) is 5.91 Å². The third-order valence-corrected chi connectivity index (χ3v) is 7.17. The van der Waals surface area contributed by atoms with Gasteiger partial charge in [-0.25, -0.2) is 4.79 Å². The lowest BCUT2D eigenvalue weighted by Crippen LogP contribution is -2.48. The van der Waals surface area contributed by atoms with Crippen molar-refractivity contribution in [2.45, 2.75) is 64.1 Å². The highest BCUT2D eigenvalue weighted by Gasteiger charge is 2.35. The third-order valence-electron chi connectivity index (χ3n) is 7.17. The summed E-state index contributed by atoms with van der Waals surface area (Å²) in [5, 5.41) is 25.2. The minimum atomic E-state index is -0.308. The van der Waals surface area contributed by atoms with E-state index in [0.717, 1.165) is 31.4 Å². The summed E-state index contributed by atoms with van der Waals surface area (Å²) in [5.74, 6) is -0.242. The van der Waals surface area contributed by atoms with Crippen LogP contribution in [0.2, 0.25) is 0 Å². The van der Waals surface area contributed by atoms with Crippen LogP contribution in [0, 0.1) is 11.3 Å². The number of nitrogens with zero attached hydrogens (tertiary/aromatic N) is 3. The van der Waals surface area contributed by atoms with Crippen LogP contribution in [0.15, 0.2) is 24.3 Å². The Morgan fingerprint density at radius 1 is 1.24 bits per heavy atom. The number of carbonyl (C=O) groups excluding carboxylic acids is 2. The van der Waals surface area contributed by atoms with E-state index in [2.05, 4.69) is 40.3 Å². The van der Waals surface area contributed by atoms with Crippen molar-refractivity contribution in [1.29, 1.82) is 5.26 Å². The summed E-state index contributed by atoms with van der Waals surface area (Å²) in [6.07, 6.45) is 3.82. The predicted octanol–water partition coefficient (Wildman–Crippen LogP) is 2.68. The van der Waals surface area contributed by atoms with Gasteiger partial charge in [-0.2, -0.15) is 5.26 Å². The van der Waals surface area contributed by atoms with E-state index < -0.39 is 0 Å². The Kier molecular flexibility index (Phi) is 7.23. The van der Waals surface area contributed by atoms with Crippen LogP contribution in [0.5, 0.6) is 0 Å². The van der Waals surface area contributed by atoms with Crippen molar-refractivity contribution in [3.63, 3.8) is 0 Å². The van der Waals surface area contributed by atoms with Crippen molar-refractivity contribution >= 4 is 11.9 Å². The second-order valence-corrected chi connectivity index (χ2v) is 9.14. The SMILES string of the molecule is CCC(CCCO)c1c(C#N)c(C(=O)NC)c2n1CCN(C(=O)NC1Cc3ccccc3C1)C2. The number of urea groups is 1. The molecule has 1 aromatic carbocycles. The molecule has 1 aromatic heterocycles. The highest BCUT2D eigenvalue weighted by Crippen LogP contribution is 2.35. The normalized spacial score (nSPS) is 15.9. The van der Waals surface area contributed by atoms with E-state index in [9.17, 15) is 20.0 Å². The van der Waals surface area contributed by atoms with Gasteiger partial charge in [0.2, 0.25) is 0 Å². The molecule has 1 aliphatic carbocycles. The first-order valence-corrected chi connectivity index (χ1v) is 12.1. The molecule has 2 aliphatic rings.